The van der Waals surface area contributed by atoms with Gasteiger partial charge in [0.05, 0.1) is 23.2 Å². The minimum absolute atomic E-state index is 0.123. The van der Waals surface area contributed by atoms with Crippen molar-refractivity contribution in [2.75, 3.05) is 0 Å². The van der Waals surface area contributed by atoms with Gasteiger partial charge in [-0.2, -0.15) is 5.26 Å². The highest BCUT2D eigenvalue weighted by Gasteiger charge is 2.33. The zero-order valence-electron chi connectivity index (χ0n) is 20.4. The Bertz CT molecular complexity index is 2060. The quantitative estimate of drug-likeness (QED) is 0.258. The van der Waals surface area contributed by atoms with E-state index in [-0.39, 0.29) is 12.0 Å². The van der Waals surface area contributed by atoms with Gasteiger partial charge in [0.15, 0.2) is 5.58 Å². The highest BCUT2D eigenvalue weighted by Crippen LogP contribution is 2.42. The van der Waals surface area contributed by atoms with Gasteiger partial charge in [-0.25, -0.2) is 4.99 Å². The topological polar surface area (TPSA) is 66.2 Å². The summed E-state index contributed by atoms with van der Waals surface area (Å²) in [5.74, 6) is 0.936. The van der Waals surface area contributed by atoms with Crippen molar-refractivity contribution >= 4 is 49.7 Å². The van der Waals surface area contributed by atoms with Crippen molar-refractivity contribution in [3.05, 3.63) is 120 Å². The fourth-order valence-corrected chi connectivity index (χ4v) is 6.13. The lowest BCUT2D eigenvalue weighted by atomic mass is 9.84. The number of hydrogen-bond acceptors (Lipinski definition) is 4. The van der Waals surface area contributed by atoms with Gasteiger partial charge in [-0.15, -0.1) is 0 Å². The van der Waals surface area contributed by atoms with Gasteiger partial charge < -0.3 is 9.73 Å². The molecule has 0 bridgehead atoms. The molecule has 1 N–H and O–H groups in total. The lowest BCUT2D eigenvalue weighted by molar-refractivity contribution is 0.462. The van der Waals surface area contributed by atoms with Crippen LogP contribution in [0.4, 0.5) is 0 Å². The number of aromatic nitrogens is 1. The first kappa shape index (κ1) is 21.0. The highest BCUT2D eigenvalue weighted by molar-refractivity contribution is 6.23. The molecular formula is C33H22N4O. The van der Waals surface area contributed by atoms with Crippen LogP contribution < -0.4 is 5.32 Å². The molecule has 4 aromatic carbocycles. The molecular weight excluding hydrogens is 468 g/mol. The third kappa shape index (κ3) is 2.95. The van der Waals surface area contributed by atoms with Crippen LogP contribution in [0.15, 0.2) is 118 Å². The molecule has 2 aromatic heterocycles. The molecule has 0 amide bonds. The van der Waals surface area contributed by atoms with E-state index < -0.39 is 0 Å². The second kappa shape index (κ2) is 7.96. The minimum atomic E-state index is -0.123. The van der Waals surface area contributed by atoms with Gasteiger partial charge in [0.1, 0.15) is 11.1 Å². The van der Waals surface area contributed by atoms with E-state index in [2.05, 4.69) is 82.7 Å². The second-order valence-corrected chi connectivity index (χ2v) is 9.94. The van der Waals surface area contributed by atoms with Crippen LogP contribution in [0.3, 0.4) is 0 Å². The van der Waals surface area contributed by atoms with Crippen LogP contribution >= 0.6 is 0 Å². The Morgan fingerprint density at radius 2 is 1.74 bits per heavy atom. The molecule has 6 aromatic rings. The van der Waals surface area contributed by atoms with Gasteiger partial charge in [-0.05, 0) is 48.4 Å². The number of benzene rings is 4. The van der Waals surface area contributed by atoms with E-state index in [1.54, 1.807) is 0 Å². The molecule has 1 aliphatic heterocycles. The number of para-hydroxylation sites is 2. The number of nitrogens with one attached hydrogen (secondary N) is 1. The van der Waals surface area contributed by atoms with Crippen LogP contribution in [0.1, 0.15) is 23.6 Å². The van der Waals surface area contributed by atoms with Gasteiger partial charge in [-0.3, -0.25) is 4.57 Å². The summed E-state index contributed by atoms with van der Waals surface area (Å²) in [6, 6.07) is 31.0. The Labute approximate surface area is 218 Å². The van der Waals surface area contributed by atoms with Crippen LogP contribution in [0.25, 0.3) is 43.7 Å². The number of aliphatic imine (C=N–C) groups is 1. The van der Waals surface area contributed by atoms with E-state index in [0.717, 1.165) is 67.4 Å². The molecule has 3 heterocycles. The van der Waals surface area contributed by atoms with Crippen LogP contribution in [0.5, 0.6) is 0 Å². The molecule has 0 radical (unpaired) electrons. The number of rotatable bonds is 1. The lowest BCUT2D eigenvalue weighted by Gasteiger charge is -2.34. The molecule has 0 saturated carbocycles. The molecule has 0 spiro atoms. The zero-order valence-corrected chi connectivity index (χ0v) is 20.4. The number of allylic oxidation sites excluding steroid dienone is 3. The van der Waals surface area contributed by atoms with Gasteiger partial charge in [0, 0.05) is 33.2 Å². The van der Waals surface area contributed by atoms with E-state index in [4.69, 9.17) is 9.41 Å². The van der Waals surface area contributed by atoms with Crippen molar-refractivity contribution in [1.29, 1.82) is 5.26 Å². The van der Waals surface area contributed by atoms with E-state index >= 15 is 0 Å². The largest absolute Gasteiger partial charge is 0.454 e. The average Bonchev–Trinajstić information content (AvgIpc) is 3.52. The molecule has 38 heavy (non-hydrogen) atoms. The van der Waals surface area contributed by atoms with Crippen molar-refractivity contribution < 1.29 is 4.42 Å². The summed E-state index contributed by atoms with van der Waals surface area (Å²) in [6.07, 6.45) is 7.33. The van der Waals surface area contributed by atoms with Crippen LogP contribution in [-0.2, 0) is 0 Å². The Hall–Kier alpha value is -5.08. The van der Waals surface area contributed by atoms with Gasteiger partial charge >= 0.3 is 0 Å². The summed E-state index contributed by atoms with van der Waals surface area (Å²) in [7, 11) is 0. The van der Waals surface area contributed by atoms with E-state index in [1.165, 1.54) is 0 Å². The Balaban J connectivity index is 1.46. The zero-order chi connectivity index (χ0) is 25.2. The molecule has 1 aliphatic carbocycles. The summed E-state index contributed by atoms with van der Waals surface area (Å²) in [5, 5.41) is 17.7. The van der Waals surface area contributed by atoms with Gasteiger partial charge in [0.25, 0.3) is 0 Å². The van der Waals surface area contributed by atoms with Crippen molar-refractivity contribution in [2.24, 2.45) is 10.9 Å². The summed E-state index contributed by atoms with van der Waals surface area (Å²) in [6.45, 7) is 0. The predicted molar refractivity (Wildman–Crippen MR) is 152 cm³/mol. The Kier molecular flexibility index (Phi) is 4.41. The summed E-state index contributed by atoms with van der Waals surface area (Å²) in [5.41, 5.74) is 6.62. The number of nitrogens with zero attached hydrogens (tertiary/aromatic N) is 3. The molecule has 180 valence electrons. The smallest absolute Gasteiger partial charge is 0.208 e. The van der Waals surface area contributed by atoms with Crippen molar-refractivity contribution in [3.8, 4) is 6.07 Å². The van der Waals surface area contributed by atoms with E-state index in [1.807, 2.05) is 36.4 Å². The number of furan rings is 1. The first-order valence-corrected chi connectivity index (χ1v) is 12.9. The summed E-state index contributed by atoms with van der Waals surface area (Å²) in [4.78, 5) is 5.36. The predicted octanol–water partition coefficient (Wildman–Crippen LogP) is 7.57. The van der Waals surface area contributed by atoms with E-state index in [0.29, 0.717) is 5.56 Å². The molecule has 0 saturated heterocycles. The maximum atomic E-state index is 9.56. The van der Waals surface area contributed by atoms with Crippen molar-refractivity contribution in [2.45, 2.75) is 12.5 Å². The number of nitriles is 1. The monoisotopic (exact) mass is 490 g/mol. The average molecular weight is 491 g/mol. The highest BCUT2D eigenvalue weighted by atomic mass is 16.3. The summed E-state index contributed by atoms with van der Waals surface area (Å²) >= 11 is 0. The maximum Gasteiger partial charge on any atom is 0.208 e. The fourth-order valence-electron chi connectivity index (χ4n) is 6.13. The van der Waals surface area contributed by atoms with Crippen molar-refractivity contribution in [1.82, 2.24) is 9.88 Å². The fraction of sp³-hybridized carbons (Fsp3) is 0.0909. The number of fused-ring (bicyclic) bond motifs is 8. The number of hydrogen-bond donors (Lipinski definition) is 1. The van der Waals surface area contributed by atoms with Crippen molar-refractivity contribution in [3.63, 3.8) is 0 Å². The minimum Gasteiger partial charge on any atom is -0.454 e. The maximum absolute atomic E-state index is 9.56. The third-order valence-corrected chi connectivity index (χ3v) is 7.85. The van der Waals surface area contributed by atoms with Crippen LogP contribution in [0, 0.1) is 17.2 Å². The molecule has 5 heteroatoms. The first-order valence-electron chi connectivity index (χ1n) is 12.9. The second-order valence-electron chi connectivity index (χ2n) is 9.94. The molecule has 2 unspecified atom stereocenters. The Morgan fingerprint density at radius 3 is 2.66 bits per heavy atom. The van der Waals surface area contributed by atoms with Gasteiger partial charge in [-0.1, -0.05) is 66.7 Å². The molecule has 5 nitrogen and oxygen atoms in total. The SMILES string of the molecule is N#Cc1cccc(C2N=C(n3c4ccccc4c4ccc5c6ccccc6oc5c43)NC3=CC=CCC32)c1. The molecule has 2 aliphatic rings. The normalized spacial score (nSPS) is 18.8. The van der Waals surface area contributed by atoms with Gasteiger partial charge in [0.2, 0.25) is 5.96 Å². The van der Waals surface area contributed by atoms with Crippen LogP contribution in [0.2, 0.25) is 0 Å². The first-order chi connectivity index (χ1) is 18.8. The standard InChI is InChI=1S/C33H22N4O/c34-19-20-8-7-9-21(18-20)30-26-12-1-4-13-27(26)35-33(36-30)37-28-14-5-2-10-22(28)24-16-17-25-23-11-3-6-15-29(23)38-32(25)31(24)37/h1-11,13-18,26,30H,12H2,(H,35,36). The molecule has 2 atom stereocenters. The lowest BCUT2D eigenvalue weighted by Crippen LogP contribution is -2.39. The Morgan fingerprint density at radius 1 is 0.895 bits per heavy atom. The third-order valence-electron chi connectivity index (χ3n) is 7.85. The van der Waals surface area contributed by atoms with E-state index in [9.17, 15) is 5.26 Å². The molecule has 0 fully saturated rings. The summed E-state index contributed by atoms with van der Waals surface area (Å²) < 4.78 is 8.72. The molecule has 8 rings (SSSR count). The van der Waals surface area contributed by atoms with Crippen LogP contribution in [-0.4, -0.2) is 10.5 Å².